The molecule has 0 aromatic carbocycles. The van der Waals surface area contributed by atoms with Crippen molar-refractivity contribution >= 4 is 40.3 Å². The van der Waals surface area contributed by atoms with E-state index in [0.717, 1.165) is 22.3 Å². The zero-order chi connectivity index (χ0) is 11.7. The minimum Gasteiger partial charge on any atom is -0.297 e. The molecule has 17 heavy (non-hydrogen) atoms. The van der Waals surface area contributed by atoms with E-state index in [1.165, 1.54) is 21.8 Å². The van der Waals surface area contributed by atoms with Gasteiger partial charge in [0.1, 0.15) is 0 Å². The van der Waals surface area contributed by atoms with Crippen LogP contribution in [0, 0.1) is 0 Å². The van der Waals surface area contributed by atoms with E-state index in [9.17, 15) is 4.79 Å². The van der Waals surface area contributed by atoms with Gasteiger partial charge < -0.3 is 0 Å². The van der Waals surface area contributed by atoms with Gasteiger partial charge in [0.2, 0.25) is 0 Å². The average Bonchev–Trinajstić information content (AvgIpc) is 3.09. The first-order valence-corrected chi connectivity index (χ1v) is 7.73. The average molecular weight is 276 g/mol. The highest BCUT2D eigenvalue weighted by Gasteiger charge is 2.13. The van der Waals surface area contributed by atoms with Gasteiger partial charge >= 0.3 is 0 Å². The van der Waals surface area contributed by atoms with Gasteiger partial charge in [0.25, 0.3) is 0 Å². The molecule has 0 aliphatic heterocycles. The molecular weight excluding hydrogens is 268 g/mol. The van der Waals surface area contributed by atoms with Crippen LogP contribution >= 0.6 is 34.0 Å². The molecule has 0 aliphatic rings. The van der Waals surface area contributed by atoms with E-state index in [-0.39, 0.29) is 0 Å². The molecule has 0 radical (unpaired) electrons. The van der Waals surface area contributed by atoms with Crippen LogP contribution in [0.25, 0.3) is 21.6 Å². The molecule has 3 aromatic heterocycles. The Kier molecular flexibility index (Phi) is 2.93. The lowest BCUT2D eigenvalue weighted by Gasteiger charge is -2.00. The van der Waals surface area contributed by atoms with Crippen LogP contribution in [-0.4, -0.2) is 6.29 Å². The SMILES string of the molecule is O=Cc1sccc1-c1ccsc1-c1ccsc1. The maximum atomic E-state index is 11.0. The first-order valence-electron chi connectivity index (χ1n) is 5.03. The maximum absolute atomic E-state index is 11.0. The molecule has 3 rings (SSSR count). The quantitative estimate of drug-likeness (QED) is 0.614. The highest BCUT2D eigenvalue weighted by Crippen LogP contribution is 2.39. The third kappa shape index (κ3) is 1.88. The van der Waals surface area contributed by atoms with E-state index in [0.29, 0.717) is 0 Å². The molecule has 0 saturated heterocycles. The highest BCUT2D eigenvalue weighted by molar-refractivity contribution is 7.15. The van der Waals surface area contributed by atoms with Gasteiger partial charge in [-0.2, -0.15) is 11.3 Å². The van der Waals surface area contributed by atoms with Crippen LogP contribution in [0.4, 0.5) is 0 Å². The number of rotatable bonds is 3. The van der Waals surface area contributed by atoms with Crippen molar-refractivity contribution in [3.8, 4) is 21.6 Å². The van der Waals surface area contributed by atoms with Crippen molar-refractivity contribution in [1.82, 2.24) is 0 Å². The Hall–Kier alpha value is -1.23. The highest BCUT2D eigenvalue weighted by atomic mass is 32.1. The van der Waals surface area contributed by atoms with Crippen molar-refractivity contribution in [2.24, 2.45) is 0 Å². The zero-order valence-electron chi connectivity index (χ0n) is 8.75. The molecule has 0 saturated carbocycles. The molecule has 84 valence electrons. The summed E-state index contributed by atoms with van der Waals surface area (Å²) in [5, 5.41) is 8.26. The summed E-state index contributed by atoms with van der Waals surface area (Å²) in [6.45, 7) is 0. The van der Waals surface area contributed by atoms with Gasteiger partial charge in [0, 0.05) is 21.6 Å². The second-order valence-electron chi connectivity index (χ2n) is 3.49. The second kappa shape index (κ2) is 4.56. The molecule has 3 heterocycles. The molecule has 4 heteroatoms. The standard InChI is InChI=1S/C13H8OS3/c14-7-12-10(2-5-16-12)11-3-6-17-13(11)9-1-4-15-8-9/h1-8H. The summed E-state index contributed by atoms with van der Waals surface area (Å²) >= 11 is 4.91. The number of hydrogen-bond donors (Lipinski definition) is 0. The minimum absolute atomic E-state index is 0.805. The van der Waals surface area contributed by atoms with Gasteiger partial charge in [-0.3, -0.25) is 4.79 Å². The van der Waals surface area contributed by atoms with Gasteiger partial charge in [0.05, 0.1) is 4.88 Å². The molecule has 0 amide bonds. The predicted molar refractivity (Wildman–Crippen MR) is 76.3 cm³/mol. The second-order valence-corrected chi connectivity index (χ2v) is 6.14. The van der Waals surface area contributed by atoms with Gasteiger partial charge in [-0.1, -0.05) is 0 Å². The Morgan fingerprint density at radius 2 is 1.76 bits per heavy atom. The maximum Gasteiger partial charge on any atom is 0.160 e. The van der Waals surface area contributed by atoms with Crippen molar-refractivity contribution < 1.29 is 4.79 Å². The normalized spacial score (nSPS) is 10.6. The molecule has 0 fully saturated rings. The summed E-state index contributed by atoms with van der Waals surface area (Å²) in [5.41, 5.74) is 3.45. The Bertz CT molecular complexity index is 631. The molecule has 0 bridgehead atoms. The summed E-state index contributed by atoms with van der Waals surface area (Å²) < 4.78 is 0. The van der Waals surface area contributed by atoms with Gasteiger partial charge in [-0.25, -0.2) is 0 Å². The van der Waals surface area contributed by atoms with Crippen LogP contribution in [0.1, 0.15) is 9.67 Å². The predicted octanol–water partition coefficient (Wildman–Crippen LogP) is 5.02. The van der Waals surface area contributed by atoms with Gasteiger partial charge in [-0.05, 0) is 39.7 Å². The number of carbonyl (C=O) groups excluding carboxylic acids is 1. The number of thiophene rings is 3. The van der Waals surface area contributed by atoms with E-state index in [2.05, 4.69) is 28.3 Å². The molecule has 0 spiro atoms. The van der Waals surface area contributed by atoms with E-state index in [1.807, 2.05) is 11.4 Å². The Morgan fingerprint density at radius 3 is 2.53 bits per heavy atom. The molecule has 0 unspecified atom stereocenters. The van der Waals surface area contributed by atoms with Crippen molar-refractivity contribution in [2.75, 3.05) is 0 Å². The van der Waals surface area contributed by atoms with Crippen LogP contribution in [0.5, 0.6) is 0 Å². The molecular formula is C13H8OS3. The van der Waals surface area contributed by atoms with Crippen LogP contribution in [0.15, 0.2) is 39.7 Å². The summed E-state index contributed by atoms with van der Waals surface area (Å²) in [6.07, 6.45) is 0.940. The number of aldehydes is 1. The van der Waals surface area contributed by atoms with E-state index >= 15 is 0 Å². The summed E-state index contributed by atoms with van der Waals surface area (Å²) in [7, 11) is 0. The summed E-state index contributed by atoms with van der Waals surface area (Å²) in [6, 6.07) is 6.23. The van der Waals surface area contributed by atoms with Gasteiger partial charge in [-0.15, -0.1) is 22.7 Å². The number of hydrogen-bond acceptors (Lipinski definition) is 4. The van der Waals surface area contributed by atoms with Crippen molar-refractivity contribution in [1.29, 1.82) is 0 Å². The van der Waals surface area contributed by atoms with E-state index < -0.39 is 0 Å². The van der Waals surface area contributed by atoms with Crippen LogP contribution in [0.2, 0.25) is 0 Å². The summed E-state index contributed by atoms with van der Waals surface area (Å²) in [4.78, 5) is 13.0. The fourth-order valence-corrected chi connectivity index (χ4v) is 4.11. The Labute approximate surface area is 111 Å². The topological polar surface area (TPSA) is 17.1 Å². The lowest BCUT2D eigenvalue weighted by molar-refractivity contribution is 0.112. The first-order chi connectivity index (χ1) is 8.40. The number of carbonyl (C=O) groups is 1. The van der Waals surface area contributed by atoms with Crippen molar-refractivity contribution in [3.05, 3.63) is 44.6 Å². The fourth-order valence-electron chi connectivity index (χ4n) is 1.77. The molecule has 0 aliphatic carbocycles. The lowest BCUT2D eigenvalue weighted by atomic mass is 10.1. The minimum atomic E-state index is 0.805. The summed E-state index contributed by atoms with van der Waals surface area (Å²) in [5.74, 6) is 0. The molecule has 3 aromatic rings. The smallest absolute Gasteiger partial charge is 0.160 e. The Balaban J connectivity index is 2.17. The van der Waals surface area contributed by atoms with Crippen LogP contribution in [-0.2, 0) is 0 Å². The van der Waals surface area contributed by atoms with E-state index in [1.54, 1.807) is 22.7 Å². The zero-order valence-corrected chi connectivity index (χ0v) is 11.2. The van der Waals surface area contributed by atoms with Gasteiger partial charge in [0.15, 0.2) is 6.29 Å². The molecule has 0 N–H and O–H groups in total. The van der Waals surface area contributed by atoms with Crippen molar-refractivity contribution in [2.45, 2.75) is 0 Å². The first kappa shape index (κ1) is 10.9. The largest absolute Gasteiger partial charge is 0.297 e. The molecule has 1 nitrogen and oxygen atoms in total. The van der Waals surface area contributed by atoms with E-state index in [4.69, 9.17) is 0 Å². The lowest BCUT2D eigenvalue weighted by Crippen LogP contribution is -1.79. The van der Waals surface area contributed by atoms with Crippen LogP contribution in [0.3, 0.4) is 0 Å². The molecule has 0 atom stereocenters. The Morgan fingerprint density at radius 1 is 0.941 bits per heavy atom. The monoisotopic (exact) mass is 276 g/mol. The van der Waals surface area contributed by atoms with Crippen molar-refractivity contribution in [3.63, 3.8) is 0 Å². The van der Waals surface area contributed by atoms with Crippen LogP contribution < -0.4 is 0 Å². The third-order valence-electron chi connectivity index (χ3n) is 2.54. The fraction of sp³-hybridized carbons (Fsp3) is 0. The third-order valence-corrected chi connectivity index (χ3v) is 5.03.